The quantitative estimate of drug-likeness (QED) is 0.740. The number of allylic oxidation sites excluding steroid dienone is 3. The molecule has 0 saturated carbocycles. The molecule has 2 unspecified atom stereocenters. The predicted molar refractivity (Wildman–Crippen MR) is 94.5 cm³/mol. The maximum absolute atomic E-state index is 10.4. The SMILES string of the molecule is COC[C@@H]1CCCN1C1=CC=CC1[Se]CC(O)c1ccccc1. The van der Waals surface area contributed by atoms with Gasteiger partial charge in [0.05, 0.1) is 0 Å². The van der Waals surface area contributed by atoms with Crippen LogP contribution in [0.5, 0.6) is 0 Å². The van der Waals surface area contributed by atoms with Crippen LogP contribution >= 0.6 is 0 Å². The zero-order chi connectivity index (χ0) is 16.1. The van der Waals surface area contributed by atoms with Gasteiger partial charge in [-0.05, 0) is 0 Å². The fourth-order valence-electron chi connectivity index (χ4n) is 3.36. The number of methoxy groups -OCH3 is 1. The normalized spacial score (nSPS) is 25.0. The van der Waals surface area contributed by atoms with Crippen molar-refractivity contribution < 1.29 is 9.84 Å². The molecular formula is C19H25NO2Se. The van der Waals surface area contributed by atoms with Gasteiger partial charge in [0.25, 0.3) is 0 Å². The van der Waals surface area contributed by atoms with Gasteiger partial charge < -0.3 is 0 Å². The summed E-state index contributed by atoms with van der Waals surface area (Å²) in [4.78, 5) is 3.02. The Balaban J connectivity index is 1.58. The second-order valence-electron chi connectivity index (χ2n) is 6.10. The average molecular weight is 378 g/mol. The summed E-state index contributed by atoms with van der Waals surface area (Å²) < 4.78 is 5.38. The third-order valence-electron chi connectivity index (χ3n) is 4.53. The van der Waals surface area contributed by atoms with E-state index in [1.165, 1.54) is 18.5 Å². The Morgan fingerprint density at radius 3 is 2.96 bits per heavy atom. The van der Waals surface area contributed by atoms with Crippen molar-refractivity contribution >= 4 is 15.0 Å². The molecule has 1 fully saturated rings. The van der Waals surface area contributed by atoms with E-state index in [0.717, 1.165) is 24.0 Å². The van der Waals surface area contributed by atoms with Gasteiger partial charge in [-0.3, -0.25) is 0 Å². The summed E-state index contributed by atoms with van der Waals surface area (Å²) in [5, 5.41) is 11.3. The van der Waals surface area contributed by atoms with Crippen LogP contribution in [0.15, 0.2) is 54.3 Å². The summed E-state index contributed by atoms with van der Waals surface area (Å²) in [5.74, 6) is 0. The van der Waals surface area contributed by atoms with Crippen LogP contribution in [0.1, 0.15) is 24.5 Å². The summed E-state index contributed by atoms with van der Waals surface area (Å²) in [5.41, 5.74) is 2.46. The van der Waals surface area contributed by atoms with Crippen molar-refractivity contribution in [3.63, 3.8) is 0 Å². The van der Waals surface area contributed by atoms with E-state index in [1.807, 2.05) is 30.3 Å². The van der Waals surface area contributed by atoms with Gasteiger partial charge in [0.2, 0.25) is 0 Å². The molecule has 3 atom stereocenters. The molecule has 3 rings (SSSR count). The molecule has 1 aliphatic carbocycles. The number of rotatable bonds is 7. The standard InChI is InChI=1S/C19H25NO2Se/c1-22-13-16-9-6-12-20(16)17-10-5-11-19(17)23-14-18(21)15-7-3-2-4-8-15/h2-5,7-8,10-11,16,18-19,21H,6,9,12-14H2,1H3/t16-,18?,19?/m0/s1. The third-order valence-corrected chi connectivity index (χ3v) is 7.19. The molecule has 1 saturated heterocycles. The van der Waals surface area contributed by atoms with Crippen molar-refractivity contribution in [1.29, 1.82) is 0 Å². The Morgan fingerprint density at radius 2 is 2.17 bits per heavy atom. The van der Waals surface area contributed by atoms with E-state index in [4.69, 9.17) is 4.74 Å². The van der Waals surface area contributed by atoms with Crippen molar-refractivity contribution in [3.8, 4) is 0 Å². The van der Waals surface area contributed by atoms with Crippen molar-refractivity contribution in [2.45, 2.75) is 35.1 Å². The van der Waals surface area contributed by atoms with E-state index in [2.05, 4.69) is 23.1 Å². The number of hydrogen-bond donors (Lipinski definition) is 1. The molecule has 0 amide bonds. The molecule has 2 aliphatic rings. The van der Waals surface area contributed by atoms with Crippen molar-refractivity contribution in [2.75, 3.05) is 20.3 Å². The van der Waals surface area contributed by atoms with Crippen LogP contribution in [-0.4, -0.2) is 51.3 Å². The van der Waals surface area contributed by atoms with Crippen LogP contribution in [0.2, 0.25) is 10.1 Å². The van der Waals surface area contributed by atoms with E-state index < -0.39 is 0 Å². The molecule has 1 N–H and O–H groups in total. The van der Waals surface area contributed by atoms with E-state index >= 15 is 0 Å². The zero-order valence-electron chi connectivity index (χ0n) is 13.6. The first-order valence-corrected chi connectivity index (χ1v) is 10.5. The fourth-order valence-corrected chi connectivity index (χ4v) is 5.81. The molecule has 1 aromatic carbocycles. The summed E-state index contributed by atoms with van der Waals surface area (Å²) in [6.07, 6.45) is 8.86. The van der Waals surface area contributed by atoms with Crippen LogP contribution in [0.3, 0.4) is 0 Å². The Hall–Kier alpha value is -1.06. The number of aliphatic hydroxyl groups excluding tert-OH is 1. The predicted octanol–water partition coefficient (Wildman–Crippen LogP) is 3.20. The molecule has 1 heterocycles. The molecule has 0 spiro atoms. The maximum atomic E-state index is 10.4. The average Bonchev–Trinajstić information content (AvgIpc) is 3.22. The molecular weight excluding hydrogens is 353 g/mol. The van der Waals surface area contributed by atoms with Crippen LogP contribution in [0.4, 0.5) is 0 Å². The van der Waals surface area contributed by atoms with Gasteiger partial charge in [-0.25, -0.2) is 0 Å². The zero-order valence-corrected chi connectivity index (χ0v) is 15.3. The fraction of sp³-hybridized carbons (Fsp3) is 0.474. The first-order chi connectivity index (χ1) is 11.3. The number of likely N-dealkylation sites (tertiary alicyclic amines) is 1. The summed E-state index contributed by atoms with van der Waals surface area (Å²) >= 11 is 0.355. The Kier molecular flexibility index (Phi) is 5.96. The number of nitrogens with zero attached hydrogens (tertiary/aromatic N) is 1. The van der Waals surface area contributed by atoms with Gasteiger partial charge in [0.15, 0.2) is 0 Å². The van der Waals surface area contributed by atoms with Gasteiger partial charge in [0.1, 0.15) is 0 Å². The van der Waals surface area contributed by atoms with Crippen molar-refractivity contribution in [2.24, 2.45) is 0 Å². The second kappa shape index (κ2) is 8.16. The molecule has 1 aromatic rings. The topological polar surface area (TPSA) is 32.7 Å². The first-order valence-electron chi connectivity index (χ1n) is 8.28. The summed E-state index contributed by atoms with van der Waals surface area (Å²) in [6, 6.07) is 10.5. The second-order valence-corrected chi connectivity index (χ2v) is 8.57. The molecule has 23 heavy (non-hydrogen) atoms. The van der Waals surface area contributed by atoms with Gasteiger partial charge in [0, 0.05) is 0 Å². The summed E-state index contributed by atoms with van der Waals surface area (Å²) in [7, 11) is 1.79. The van der Waals surface area contributed by atoms with Crippen LogP contribution in [0.25, 0.3) is 0 Å². The third kappa shape index (κ3) is 4.07. The van der Waals surface area contributed by atoms with E-state index in [9.17, 15) is 5.11 Å². The van der Waals surface area contributed by atoms with Gasteiger partial charge >= 0.3 is 145 Å². The molecule has 3 nitrogen and oxygen atoms in total. The van der Waals surface area contributed by atoms with Crippen molar-refractivity contribution in [1.82, 2.24) is 4.90 Å². The van der Waals surface area contributed by atoms with E-state index in [0.29, 0.717) is 25.8 Å². The van der Waals surface area contributed by atoms with Crippen LogP contribution < -0.4 is 0 Å². The Bertz CT molecular complexity index is 558. The van der Waals surface area contributed by atoms with Gasteiger partial charge in [-0.15, -0.1) is 0 Å². The molecule has 124 valence electrons. The molecule has 0 aromatic heterocycles. The van der Waals surface area contributed by atoms with E-state index in [1.54, 1.807) is 7.11 Å². The molecule has 4 heteroatoms. The molecule has 0 radical (unpaired) electrons. The number of hydrogen-bond acceptors (Lipinski definition) is 3. The number of aliphatic hydroxyl groups is 1. The van der Waals surface area contributed by atoms with Crippen LogP contribution in [0, 0.1) is 0 Å². The van der Waals surface area contributed by atoms with Crippen molar-refractivity contribution in [3.05, 3.63) is 59.8 Å². The minimum atomic E-state index is -0.347. The van der Waals surface area contributed by atoms with E-state index in [-0.39, 0.29) is 6.10 Å². The van der Waals surface area contributed by atoms with Gasteiger partial charge in [-0.1, -0.05) is 0 Å². The van der Waals surface area contributed by atoms with Crippen LogP contribution in [-0.2, 0) is 4.74 Å². The first kappa shape index (κ1) is 16.8. The van der Waals surface area contributed by atoms with Gasteiger partial charge in [-0.2, -0.15) is 0 Å². The molecule has 1 aliphatic heterocycles. The number of benzene rings is 1. The Labute approximate surface area is 145 Å². The Morgan fingerprint density at radius 1 is 1.35 bits per heavy atom. The number of ether oxygens (including phenoxy) is 1. The molecule has 0 bridgehead atoms. The summed E-state index contributed by atoms with van der Waals surface area (Å²) in [6.45, 7) is 1.94. The monoisotopic (exact) mass is 379 g/mol. The minimum absolute atomic E-state index is 0.347.